The van der Waals surface area contributed by atoms with Gasteiger partial charge in [0.25, 0.3) is 5.56 Å². The molecule has 7 nitrogen and oxygen atoms in total. The van der Waals surface area contributed by atoms with Crippen molar-refractivity contribution >= 4 is 11.0 Å². The van der Waals surface area contributed by atoms with E-state index >= 15 is 0 Å². The highest BCUT2D eigenvalue weighted by molar-refractivity contribution is 5.96. The maximum Gasteiger partial charge on any atom is 0.256 e. The van der Waals surface area contributed by atoms with Crippen molar-refractivity contribution < 1.29 is 9.84 Å². The zero-order chi connectivity index (χ0) is 19.0. The Hall–Kier alpha value is -3.45. The van der Waals surface area contributed by atoms with Crippen molar-refractivity contribution in [3.8, 4) is 16.9 Å². The number of hydrogen-bond acceptors (Lipinski definition) is 5. The topological polar surface area (TPSA) is 104 Å². The van der Waals surface area contributed by atoms with Gasteiger partial charge in [-0.15, -0.1) is 5.10 Å². The maximum absolute atomic E-state index is 12.5. The molecule has 3 aromatic heterocycles. The second kappa shape index (κ2) is 6.69. The molecule has 0 aliphatic heterocycles. The minimum Gasteiger partial charge on any atom is -0.508 e. The van der Waals surface area contributed by atoms with Gasteiger partial charge >= 0.3 is 0 Å². The van der Waals surface area contributed by atoms with Gasteiger partial charge in [-0.1, -0.05) is 12.1 Å². The van der Waals surface area contributed by atoms with Gasteiger partial charge < -0.3 is 19.8 Å². The summed E-state index contributed by atoms with van der Waals surface area (Å²) in [6, 6.07) is 8.68. The predicted molar refractivity (Wildman–Crippen MR) is 102 cm³/mol. The first kappa shape index (κ1) is 17.0. The molecular formula is C20H18N4O3. The predicted octanol–water partition coefficient (Wildman–Crippen LogP) is 3.06. The number of phenolic OH excluding ortho intramolecular Hbond substituents is 1. The molecule has 0 bridgehead atoms. The molecule has 4 rings (SSSR count). The number of aromatic nitrogens is 4. The number of H-pyrrole nitrogens is 2. The van der Waals surface area contributed by atoms with Crippen molar-refractivity contribution in [1.29, 1.82) is 0 Å². The Balaban J connectivity index is 1.98. The molecule has 0 aliphatic rings. The first-order valence-corrected chi connectivity index (χ1v) is 8.43. The van der Waals surface area contributed by atoms with Crippen molar-refractivity contribution in [2.24, 2.45) is 0 Å². The van der Waals surface area contributed by atoms with E-state index in [2.05, 4.69) is 20.2 Å². The number of phenols is 1. The summed E-state index contributed by atoms with van der Waals surface area (Å²) in [5, 5.41) is 18.6. The van der Waals surface area contributed by atoms with E-state index in [1.807, 2.05) is 19.2 Å². The van der Waals surface area contributed by atoms with Crippen molar-refractivity contribution in [3.63, 3.8) is 0 Å². The Morgan fingerprint density at radius 3 is 2.63 bits per heavy atom. The maximum atomic E-state index is 12.5. The van der Waals surface area contributed by atoms with Gasteiger partial charge in [-0.25, -0.2) is 0 Å². The Labute approximate surface area is 154 Å². The second-order valence-electron chi connectivity index (χ2n) is 6.30. The van der Waals surface area contributed by atoms with Crippen LogP contribution in [-0.2, 0) is 4.74 Å². The lowest BCUT2D eigenvalue weighted by Gasteiger charge is -2.16. The lowest BCUT2D eigenvalue weighted by atomic mass is 9.95. The van der Waals surface area contributed by atoms with Gasteiger partial charge in [-0.2, -0.15) is 5.10 Å². The molecule has 4 aromatic rings. The normalized spacial score (nSPS) is 12.4. The number of aromatic hydroxyl groups is 1. The summed E-state index contributed by atoms with van der Waals surface area (Å²) in [7, 11) is 1.62. The second-order valence-corrected chi connectivity index (χ2v) is 6.30. The molecule has 0 radical (unpaired) electrons. The van der Waals surface area contributed by atoms with E-state index in [4.69, 9.17) is 4.74 Å². The summed E-state index contributed by atoms with van der Waals surface area (Å²) in [5.41, 5.74) is 4.19. The third-order valence-electron chi connectivity index (χ3n) is 4.66. The fourth-order valence-corrected chi connectivity index (χ4v) is 3.40. The van der Waals surface area contributed by atoms with Crippen molar-refractivity contribution in [3.05, 3.63) is 76.0 Å². The Morgan fingerprint density at radius 2 is 1.93 bits per heavy atom. The Morgan fingerprint density at radius 1 is 1.15 bits per heavy atom. The quantitative estimate of drug-likeness (QED) is 0.518. The molecule has 7 heteroatoms. The summed E-state index contributed by atoms with van der Waals surface area (Å²) in [6.45, 7) is 1.89. The molecular weight excluding hydrogens is 344 g/mol. The zero-order valence-electron chi connectivity index (χ0n) is 14.9. The number of benzene rings is 1. The molecule has 27 heavy (non-hydrogen) atoms. The van der Waals surface area contributed by atoms with Crippen LogP contribution in [0.1, 0.15) is 22.8 Å². The molecule has 1 unspecified atom stereocenters. The number of methoxy groups -OCH3 is 1. The van der Waals surface area contributed by atoms with Crippen molar-refractivity contribution in [1.82, 2.24) is 20.2 Å². The molecule has 3 N–H and O–H groups in total. The molecule has 0 saturated heterocycles. The number of rotatable bonds is 4. The highest BCUT2D eigenvalue weighted by atomic mass is 16.5. The van der Waals surface area contributed by atoms with E-state index in [0.29, 0.717) is 16.8 Å². The standard InChI is InChI=1S/C20H18N4O3/c1-11-7-8-21-20(26)16(11)14-10-23-24-19-17(14)15(9-22-19)18(27-2)12-3-5-13(25)6-4-12/h3-10,18,25H,1-2H3,(H,21,26)(H,22,24). The molecule has 1 atom stereocenters. The number of nitrogens with one attached hydrogen (secondary N) is 2. The van der Waals surface area contributed by atoms with Crippen LogP contribution in [0.2, 0.25) is 0 Å². The number of fused-ring (bicyclic) bond motifs is 1. The average molecular weight is 362 g/mol. The van der Waals surface area contributed by atoms with E-state index in [-0.39, 0.29) is 11.3 Å². The molecule has 136 valence electrons. The molecule has 0 saturated carbocycles. The highest BCUT2D eigenvalue weighted by Crippen LogP contribution is 2.36. The molecule has 3 heterocycles. The van der Waals surface area contributed by atoms with Crippen molar-refractivity contribution in [2.45, 2.75) is 13.0 Å². The van der Waals surface area contributed by atoms with Crippen LogP contribution in [0.3, 0.4) is 0 Å². The van der Waals surface area contributed by atoms with E-state index in [1.54, 1.807) is 43.8 Å². The molecule has 1 aromatic carbocycles. The fraction of sp³-hybridized carbons (Fsp3) is 0.150. The van der Waals surface area contributed by atoms with Crippen LogP contribution in [0, 0.1) is 6.92 Å². The van der Waals surface area contributed by atoms with Crippen LogP contribution in [-0.4, -0.2) is 32.4 Å². The fourth-order valence-electron chi connectivity index (χ4n) is 3.40. The van der Waals surface area contributed by atoms with E-state index in [1.165, 1.54) is 0 Å². The summed E-state index contributed by atoms with van der Waals surface area (Å²) in [4.78, 5) is 18.3. The van der Waals surface area contributed by atoms with Crippen molar-refractivity contribution in [2.75, 3.05) is 7.11 Å². The average Bonchev–Trinajstić information content (AvgIpc) is 3.09. The van der Waals surface area contributed by atoms with Crippen LogP contribution in [0.4, 0.5) is 0 Å². The molecule has 0 amide bonds. The molecule has 0 fully saturated rings. The van der Waals surface area contributed by atoms with E-state index in [0.717, 1.165) is 22.1 Å². The van der Waals surface area contributed by atoms with Gasteiger partial charge in [0.1, 0.15) is 11.9 Å². The number of aryl methyl sites for hydroxylation is 1. The van der Waals surface area contributed by atoms with Gasteiger partial charge in [0.15, 0.2) is 5.65 Å². The molecule has 0 spiro atoms. The highest BCUT2D eigenvalue weighted by Gasteiger charge is 2.22. The number of ether oxygens (including phenoxy) is 1. The first-order valence-electron chi connectivity index (χ1n) is 8.43. The van der Waals surface area contributed by atoms with Gasteiger partial charge in [0.2, 0.25) is 0 Å². The Bertz CT molecular complexity index is 1160. The first-order chi connectivity index (χ1) is 13.1. The minimum absolute atomic E-state index is 0.185. The third kappa shape index (κ3) is 2.88. The summed E-state index contributed by atoms with van der Waals surface area (Å²) >= 11 is 0. The number of nitrogens with zero attached hydrogens (tertiary/aromatic N) is 2. The monoisotopic (exact) mass is 362 g/mol. The van der Waals surface area contributed by atoms with Crippen LogP contribution in [0.15, 0.2) is 53.7 Å². The minimum atomic E-state index is -0.398. The van der Waals surface area contributed by atoms with Crippen LogP contribution >= 0.6 is 0 Å². The van der Waals surface area contributed by atoms with Gasteiger partial charge in [0, 0.05) is 36.0 Å². The van der Waals surface area contributed by atoms with Crippen LogP contribution < -0.4 is 5.56 Å². The van der Waals surface area contributed by atoms with Gasteiger partial charge in [-0.3, -0.25) is 4.79 Å². The van der Waals surface area contributed by atoms with Crippen LogP contribution in [0.5, 0.6) is 5.75 Å². The van der Waals surface area contributed by atoms with E-state index in [9.17, 15) is 9.90 Å². The van der Waals surface area contributed by atoms with Crippen LogP contribution in [0.25, 0.3) is 22.2 Å². The Kier molecular flexibility index (Phi) is 4.21. The smallest absolute Gasteiger partial charge is 0.256 e. The third-order valence-corrected chi connectivity index (χ3v) is 4.66. The largest absolute Gasteiger partial charge is 0.508 e. The van der Waals surface area contributed by atoms with E-state index < -0.39 is 6.10 Å². The lowest BCUT2D eigenvalue weighted by Crippen LogP contribution is -2.11. The molecule has 0 aliphatic carbocycles. The zero-order valence-corrected chi connectivity index (χ0v) is 14.9. The van der Waals surface area contributed by atoms with Gasteiger partial charge in [0.05, 0.1) is 11.8 Å². The SMILES string of the molecule is COC(c1ccc(O)cc1)c1c[nH]c2nncc(-c3c(C)cc[nH]c3=O)c12. The lowest BCUT2D eigenvalue weighted by molar-refractivity contribution is 0.137. The number of aromatic amines is 2. The summed E-state index contributed by atoms with van der Waals surface area (Å²) in [6.07, 6.45) is 4.64. The number of hydrogen-bond donors (Lipinski definition) is 3. The summed E-state index contributed by atoms with van der Waals surface area (Å²) in [5.74, 6) is 0.186. The number of pyridine rings is 1. The van der Waals surface area contributed by atoms with Gasteiger partial charge in [-0.05, 0) is 36.2 Å². The summed E-state index contributed by atoms with van der Waals surface area (Å²) < 4.78 is 5.74.